The maximum atomic E-state index is 5.66. The molecule has 2 N–H and O–H groups in total. The summed E-state index contributed by atoms with van der Waals surface area (Å²) in [4.78, 5) is 1.24. The zero-order valence-electron chi connectivity index (χ0n) is 8.20. The van der Waals surface area contributed by atoms with Crippen molar-refractivity contribution in [3.63, 3.8) is 0 Å². The van der Waals surface area contributed by atoms with Crippen LogP contribution in [0.2, 0.25) is 0 Å². The molecule has 0 saturated carbocycles. The minimum atomic E-state index is 0. The van der Waals surface area contributed by atoms with Crippen molar-refractivity contribution in [3.8, 4) is 0 Å². The standard InChI is InChI=1S/C10H15NS.ClH/c1-10(2,3)12-9-6-4-5-8(11)7-9;/h4-7H,11H2,1-3H3;1H. The molecule has 0 amide bonds. The Morgan fingerprint density at radius 2 is 1.85 bits per heavy atom. The number of benzene rings is 1. The van der Waals surface area contributed by atoms with E-state index in [1.807, 2.05) is 30.0 Å². The number of nitrogen functional groups attached to an aromatic ring is 1. The van der Waals surface area contributed by atoms with Crippen molar-refractivity contribution in [1.82, 2.24) is 0 Å². The fourth-order valence-corrected chi connectivity index (χ4v) is 1.98. The highest BCUT2D eigenvalue weighted by Gasteiger charge is 2.11. The molecule has 1 aromatic carbocycles. The second-order valence-corrected chi connectivity index (χ2v) is 5.69. The minimum absolute atomic E-state index is 0. The van der Waals surface area contributed by atoms with Crippen molar-refractivity contribution >= 4 is 29.9 Å². The molecular formula is C10H16ClNS. The Morgan fingerprint density at radius 1 is 1.23 bits per heavy atom. The molecule has 0 bridgehead atoms. The highest BCUT2D eigenvalue weighted by atomic mass is 35.5. The van der Waals surface area contributed by atoms with Crippen molar-refractivity contribution in [1.29, 1.82) is 0 Å². The Morgan fingerprint density at radius 3 is 2.31 bits per heavy atom. The quantitative estimate of drug-likeness (QED) is 0.575. The summed E-state index contributed by atoms with van der Waals surface area (Å²) in [5.74, 6) is 0. The van der Waals surface area contributed by atoms with Crippen LogP contribution in [0.1, 0.15) is 20.8 Å². The molecule has 0 radical (unpaired) electrons. The van der Waals surface area contributed by atoms with Gasteiger partial charge in [0.25, 0.3) is 0 Å². The molecule has 0 aromatic heterocycles. The molecule has 0 aliphatic rings. The number of hydrogen-bond acceptors (Lipinski definition) is 2. The van der Waals surface area contributed by atoms with Crippen molar-refractivity contribution in [2.24, 2.45) is 0 Å². The molecule has 0 aliphatic carbocycles. The Bertz CT molecular complexity index is 268. The van der Waals surface area contributed by atoms with E-state index in [0.29, 0.717) is 0 Å². The van der Waals surface area contributed by atoms with E-state index in [9.17, 15) is 0 Å². The molecular weight excluding hydrogens is 202 g/mol. The molecule has 1 rings (SSSR count). The number of hydrogen-bond donors (Lipinski definition) is 1. The van der Waals surface area contributed by atoms with E-state index in [4.69, 9.17) is 5.73 Å². The molecule has 0 saturated heterocycles. The maximum absolute atomic E-state index is 5.66. The summed E-state index contributed by atoms with van der Waals surface area (Å²) in [5.41, 5.74) is 6.50. The highest BCUT2D eigenvalue weighted by Crippen LogP contribution is 2.32. The third kappa shape index (κ3) is 5.06. The summed E-state index contributed by atoms with van der Waals surface area (Å²) >= 11 is 1.83. The van der Waals surface area contributed by atoms with Crippen LogP contribution in [0, 0.1) is 0 Å². The van der Waals surface area contributed by atoms with Gasteiger partial charge in [0.2, 0.25) is 0 Å². The third-order valence-corrected chi connectivity index (χ3v) is 2.38. The van der Waals surface area contributed by atoms with E-state index in [-0.39, 0.29) is 17.2 Å². The van der Waals surface area contributed by atoms with Gasteiger partial charge in [0.1, 0.15) is 0 Å². The van der Waals surface area contributed by atoms with E-state index in [2.05, 4.69) is 26.8 Å². The van der Waals surface area contributed by atoms with Crippen LogP contribution in [0.25, 0.3) is 0 Å². The van der Waals surface area contributed by atoms with E-state index >= 15 is 0 Å². The van der Waals surface area contributed by atoms with Crippen LogP contribution < -0.4 is 5.73 Å². The molecule has 1 aromatic rings. The Labute approximate surface area is 90.5 Å². The SMILES string of the molecule is CC(C)(C)Sc1cccc(N)c1.Cl. The molecule has 74 valence electrons. The molecule has 0 heterocycles. The van der Waals surface area contributed by atoms with Crippen molar-refractivity contribution in [2.45, 2.75) is 30.4 Å². The number of nitrogens with two attached hydrogens (primary N) is 1. The van der Waals surface area contributed by atoms with Gasteiger partial charge in [-0.3, -0.25) is 0 Å². The number of halogens is 1. The van der Waals surface area contributed by atoms with Crippen LogP contribution >= 0.6 is 24.2 Å². The predicted octanol–water partition coefficient (Wildman–Crippen LogP) is 3.58. The number of rotatable bonds is 1. The van der Waals surface area contributed by atoms with Gasteiger partial charge in [-0.25, -0.2) is 0 Å². The summed E-state index contributed by atoms with van der Waals surface area (Å²) in [6.07, 6.45) is 0. The first-order valence-corrected chi connectivity index (χ1v) is 4.83. The number of thioether (sulfide) groups is 1. The van der Waals surface area contributed by atoms with Crippen LogP contribution in [-0.4, -0.2) is 4.75 Å². The Balaban J connectivity index is 0.00000144. The lowest BCUT2D eigenvalue weighted by Gasteiger charge is -2.17. The first-order chi connectivity index (χ1) is 5.47. The van der Waals surface area contributed by atoms with E-state index in [0.717, 1.165) is 5.69 Å². The Kier molecular flexibility index (Phi) is 4.65. The summed E-state index contributed by atoms with van der Waals surface area (Å²) in [6.45, 7) is 6.59. The van der Waals surface area contributed by atoms with Crippen molar-refractivity contribution < 1.29 is 0 Å². The van der Waals surface area contributed by atoms with Gasteiger partial charge in [0.15, 0.2) is 0 Å². The van der Waals surface area contributed by atoms with Gasteiger partial charge in [-0.15, -0.1) is 24.2 Å². The average Bonchev–Trinajstić information content (AvgIpc) is 1.82. The predicted molar refractivity (Wildman–Crippen MR) is 63.7 cm³/mol. The second kappa shape index (κ2) is 4.77. The Hall–Kier alpha value is -0.340. The van der Waals surface area contributed by atoms with E-state index in [1.165, 1.54) is 4.90 Å². The lowest BCUT2D eigenvalue weighted by atomic mass is 10.3. The topological polar surface area (TPSA) is 26.0 Å². The van der Waals surface area contributed by atoms with E-state index in [1.54, 1.807) is 0 Å². The van der Waals surface area contributed by atoms with Gasteiger partial charge in [0, 0.05) is 15.3 Å². The van der Waals surface area contributed by atoms with Crippen LogP contribution in [0.3, 0.4) is 0 Å². The van der Waals surface area contributed by atoms with Gasteiger partial charge in [-0.2, -0.15) is 0 Å². The smallest absolute Gasteiger partial charge is 0.0325 e. The van der Waals surface area contributed by atoms with Gasteiger partial charge >= 0.3 is 0 Å². The first kappa shape index (κ1) is 12.7. The maximum Gasteiger partial charge on any atom is 0.0325 e. The van der Waals surface area contributed by atoms with Crippen LogP contribution in [0.4, 0.5) is 5.69 Å². The molecule has 0 aliphatic heterocycles. The summed E-state index contributed by atoms with van der Waals surface area (Å²) in [6, 6.07) is 8.00. The molecule has 0 fully saturated rings. The minimum Gasteiger partial charge on any atom is -0.399 e. The first-order valence-electron chi connectivity index (χ1n) is 4.02. The highest BCUT2D eigenvalue weighted by molar-refractivity contribution is 8.00. The molecule has 3 heteroatoms. The normalized spacial score (nSPS) is 10.7. The summed E-state index contributed by atoms with van der Waals surface area (Å²) in [5, 5.41) is 0. The van der Waals surface area contributed by atoms with Crippen LogP contribution in [-0.2, 0) is 0 Å². The zero-order chi connectivity index (χ0) is 9.19. The zero-order valence-corrected chi connectivity index (χ0v) is 9.84. The largest absolute Gasteiger partial charge is 0.399 e. The lowest BCUT2D eigenvalue weighted by molar-refractivity contribution is 0.803. The van der Waals surface area contributed by atoms with Crippen molar-refractivity contribution in [3.05, 3.63) is 24.3 Å². The lowest BCUT2D eigenvalue weighted by Crippen LogP contribution is -2.06. The molecule has 1 nitrogen and oxygen atoms in total. The molecule has 0 spiro atoms. The van der Waals surface area contributed by atoms with Crippen LogP contribution in [0.15, 0.2) is 29.2 Å². The third-order valence-electron chi connectivity index (χ3n) is 1.28. The second-order valence-electron chi connectivity index (χ2n) is 3.79. The fraction of sp³-hybridized carbons (Fsp3) is 0.400. The number of anilines is 1. The molecule has 13 heavy (non-hydrogen) atoms. The van der Waals surface area contributed by atoms with Gasteiger partial charge in [0.05, 0.1) is 0 Å². The molecule has 0 atom stereocenters. The van der Waals surface area contributed by atoms with Crippen molar-refractivity contribution in [2.75, 3.05) is 5.73 Å². The monoisotopic (exact) mass is 217 g/mol. The van der Waals surface area contributed by atoms with Crippen LogP contribution in [0.5, 0.6) is 0 Å². The van der Waals surface area contributed by atoms with E-state index < -0.39 is 0 Å². The molecule has 0 unspecified atom stereocenters. The summed E-state index contributed by atoms with van der Waals surface area (Å²) in [7, 11) is 0. The van der Waals surface area contributed by atoms with Gasteiger partial charge in [-0.1, -0.05) is 26.8 Å². The van der Waals surface area contributed by atoms with Gasteiger partial charge < -0.3 is 5.73 Å². The summed E-state index contributed by atoms with van der Waals surface area (Å²) < 4.78 is 0.258. The average molecular weight is 218 g/mol. The van der Waals surface area contributed by atoms with Gasteiger partial charge in [-0.05, 0) is 18.2 Å². The fourth-order valence-electron chi connectivity index (χ4n) is 0.932.